The molecule has 25 heavy (non-hydrogen) atoms. The van der Waals surface area contributed by atoms with Gasteiger partial charge >= 0.3 is 12.5 Å². The zero-order chi connectivity index (χ0) is 18.4. The van der Waals surface area contributed by atoms with Gasteiger partial charge in [0.25, 0.3) is 0 Å². The van der Waals surface area contributed by atoms with E-state index >= 15 is 0 Å². The molecule has 3 N–H and O–H groups in total. The van der Waals surface area contributed by atoms with Gasteiger partial charge in [0, 0.05) is 12.2 Å². The maximum absolute atomic E-state index is 12.1. The highest BCUT2D eigenvalue weighted by Crippen LogP contribution is 2.23. The lowest BCUT2D eigenvalue weighted by Gasteiger charge is -2.17. The van der Waals surface area contributed by atoms with Crippen molar-refractivity contribution in [2.45, 2.75) is 12.5 Å². The third-order valence-corrected chi connectivity index (χ3v) is 2.57. The maximum Gasteiger partial charge on any atom is 0.573 e. The predicted octanol–water partition coefficient (Wildman–Crippen LogP) is 3.42. The second kappa shape index (κ2) is 9.89. The Morgan fingerprint density at radius 3 is 2.20 bits per heavy atom. The van der Waals surface area contributed by atoms with Crippen LogP contribution in [0.5, 0.6) is 5.75 Å². The number of anilines is 1. The Morgan fingerprint density at radius 2 is 1.72 bits per heavy atom. The fraction of sp³-hybridized carbons (Fsp3) is 0.462. The van der Waals surface area contributed by atoms with Crippen LogP contribution in [-0.2, 0) is 0 Å². The molecule has 0 aliphatic carbocycles. The van der Waals surface area contributed by atoms with Gasteiger partial charge in [0.15, 0.2) is 5.96 Å². The molecule has 12 heteroatoms. The van der Waals surface area contributed by atoms with Gasteiger partial charge in [-0.1, -0.05) is 0 Å². The Hall–Kier alpha value is -1.44. The number of rotatable bonds is 6. The third-order valence-electron chi connectivity index (χ3n) is 2.57. The first-order chi connectivity index (χ1) is 10.9. The standard InChI is InChI=1S/C13H16F6N4O.HI/c1-23(8-12(14,15)16)7-6-21-11(20)22-9-2-4-10(5-3-9)24-13(17,18)19;/h2-5H,6-8H2,1H3,(H3,20,21,22);1H. The number of hydrogen-bond acceptors (Lipinski definition) is 3. The van der Waals surface area contributed by atoms with Gasteiger partial charge in [-0.15, -0.1) is 37.1 Å². The van der Waals surface area contributed by atoms with E-state index in [1.165, 1.54) is 19.2 Å². The van der Waals surface area contributed by atoms with Crippen LogP contribution in [-0.4, -0.2) is 50.1 Å². The number of nitrogens with one attached hydrogen (secondary N) is 1. The molecule has 0 saturated heterocycles. The van der Waals surface area contributed by atoms with Crippen molar-refractivity contribution in [3.05, 3.63) is 24.3 Å². The summed E-state index contributed by atoms with van der Waals surface area (Å²) in [5.74, 6) is -0.461. The Kier molecular flexibility index (Phi) is 9.32. The molecule has 0 aromatic heterocycles. The second-order valence-corrected chi connectivity index (χ2v) is 4.82. The lowest BCUT2D eigenvalue weighted by Crippen LogP contribution is -2.33. The van der Waals surface area contributed by atoms with Crippen molar-refractivity contribution in [2.24, 2.45) is 10.7 Å². The molecule has 0 fully saturated rings. The Bertz CT molecular complexity index is 547. The summed E-state index contributed by atoms with van der Waals surface area (Å²) in [6.07, 6.45) is -9.07. The van der Waals surface area contributed by atoms with Gasteiger partial charge in [-0.25, -0.2) is 0 Å². The molecule has 0 bridgehead atoms. The number of nitrogens with two attached hydrogens (primary N) is 1. The summed E-state index contributed by atoms with van der Waals surface area (Å²) in [7, 11) is 1.30. The first-order valence-electron chi connectivity index (χ1n) is 6.63. The van der Waals surface area contributed by atoms with Crippen LogP contribution in [0.2, 0.25) is 0 Å². The molecule has 0 spiro atoms. The molecule has 0 radical (unpaired) electrons. The van der Waals surface area contributed by atoms with Crippen LogP contribution in [0.3, 0.4) is 0 Å². The number of hydrogen-bond donors (Lipinski definition) is 2. The minimum absolute atomic E-state index is 0. The zero-order valence-corrected chi connectivity index (χ0v) is 15.3. The van der Waals surface area contributed by atoms with Gasteiger partial charge < -0.3 is 15.8 Å². The molecular formula is C13H17F6IN4O. The Morgan fingerprint density at radius 1 is 1.16 bits per heavy atom. The number of aliphatic imine (C=N–C) groups is 1. The van der Waals surface area contributed by atoms with Gasteiger partial charge in [-0.05, 0) is 31.3 Å². The van der Waals surface area contributed by atoms with E-state index in [-0.39, 0.29) is 43.0 Å². The quantitative estimate of drug-likeness (QED) is 0.280. The first kappa shape index (κ1) is 23.6. The van der Waals surface area contributed by atoms with E-state index in [0.29, 0.717) is 5.69 Å². The van der Waals surface area contributed by atoms with Crippen LogP contribution >= 0.6 is 24.0 Å². The summed E-state index contributed by atoms with van der Waals surface area (Å²) >= 11 is 0. The monoisotopic (exact) mass is 486 g/mol. The van der Waals surface area contributed by atoms with Crippen LogP contribution in [0, 0.1) is 0 Å². The summed E-state index contributed by atoms with van der Waals surface area (Å²) in [5.41, 5.74) is 5.90. The molecule has 5 nitrogen and oxygen atoms in total. The molecular weight excluding hydrogens is 469 g/mol. The van der Waals surface area contributed by atoms with Crippen molar-refractivity contribution in [1.29, 1.82) is 0 Å². The average molecular weight is 486 g/mol. The van der Waals surface area contributed by atoms with E-state index in [0.717, 1.165) is 17.0 Å². The van der Waals surface area contributed by atoms with E-state index < -0.39 is 24.8 Å². The Balaban J connectivity index is 0.00000576. The summed E-state index contributed by atoms with van der Waals surface area (Å²) in [4.78, 5) is 4.88. The van der Waals surface area contributed by atoms with Gasteiger partial charge in [-0.2, -0.15) is 13.2 Å². The van der Waals surface area contributed by atoms with Crippen LogP contribution in [0.1, 0.15) is 0 Å². The summed E-state index contributed by atoms with van der Waals surface area (Å²) in [6, 6.07) is 4.75. The highest BCUT2D eigenvalue weighted by Gasteiger charge is 2.31. The van der Waals surface area contributed by atoms with E-state index in [1.807, 2.05) is 0 Å². The second-order valence-electron chi connectivity index (χ2n) is 4.82. The topological polar surface area (TPSA) is 62.9 Å². The molecule has 0 unspecified atom stereocenters. The van der Waals surface area contributed by atoms with Gasteiger partial charge in [0.2, 0.25) is 0 Å². The lowest BCUT2D eigenvalue weighted by molar-refractivity contribution is -0.274. The number of halogens is 7. The predicted molar refractivity (Wildman–Crippen MR) is 92.2 cm³/mol. The molecule has 144 valence electrons. The number of likely N-dealkylation sites (N-methyl/N-ethyl adjacent to an activating group) is 1. The fourth-order valence-electron chi connectivity index (χ4n) is 1.65. The molecule has 1 rings (SSSR count). The number of alkyl halides is 6. The zero-order valence-electron chi connectivity index (χ0n) is 13.0. The first-order valence-corrected chi connectivity index (χ1v) is 6.63. The van der Waals surface area contributed by atoms with E-state index in [1.54, 1.807) is 0 Å². The number of ether oxygens (including phenoxy) is 1. The largest absolute Gasteiger partial charge is 0.573 e. The number of nitrogens with zero attached hydrogens (tertiary/aromatic N) is 2. The molecule has 1 aromatic rings. The van der Waals surface area contributed by atoms with Crippen LogP contribution < -0.4 is 15.8 Å². The molecule has 0 aliphatic rings. The molecule has 0 atom stereocenters. The Labute approximate surface area is 157 Å². The average Bonchev–Trinajstić information content (AvgIpc) is 2.37. The van der Waals surface area contributed by atoms with Gasteiger partial charge in [0.05, 0.1) is 13.1 Å². The highest BCUT2D eigenvalue weighted by molar-refractivity contribution is 14.0. The van der Waals surface area contributed by atoms with Crippen LogP contribution in [0.4, 0.5) is 32.0 Å². The summed E-state index contributed by atoms with van der Waals surface area (Å²) in [5, 5.41) is 2.60. The molecule has 0 heterocycles. The van der Waals surface area contributed by atoms with Crippen molar-refractivity contribution in [1.82, 2.24) is 4.90 Å². The number of benzene rings is 1. The molecule has 0 aliphatic heterocycles. The third kappa shape index (κ3) is 11.7. The van der Waals surface area contributed by atoms with E-state index in [2.05, 4.69) is 15.0 Å². The van der Waals surface area contributed by atoms with E-state index in [9.17, 15) is 26.3 Å². The van der Waals surface area contributed by atoms with E-state index in [4.69, 9.17) is 5.73 Å². The minimum atomic E-state index is -4.78. The maximum atomic E-state index is 12.1. The smallest absolute Gasteiger partial charge is 0.406 e. The van der Waals surface area contributed by atoms with Crippen molar-refractivity contribution in [3.63, 3.8) is 0 Å². The molecule has 1 aromatic carbocycles. The summed E-state index contributed by atoms with van der Waals surface area (Å²) in [6.45, 7) is -0.989. The van der Waals surface area contributed by atoms with Crippen LogP contribution in [0.15, 0.2) is 29.3 Å². The molecule has 0 saturated carbocycles. The molecule has 0 amide bonds. The van der Waals surface area contributed by atoms with Crippen molar-refractivity contribution < 1.29 is 31.1 Å². The normalized spacial score (nSPS) is 12.7. The van der Waals surface area contributed by atoms with Crippen molar-refractivity contribution in [2.75, 3.05) is 32.0 Å². The number of guanidine groups is 1. The van der Waals surface area contributed by atoms with Crippen molar-refractivity contribution in [3.8, 4) is 5.75 Å². The van der Waals surface area contributed by atoms with Crippen LogP contribution in [0.25, 0.3) is 0 Å². The van der Waals surface area contributed by atoms with Gasteiger partial charge in [-0.3, -0.25) is 9.89 Å². The SMILES string of the molecule is CN(CCN=C(N)Nc1ccc(OC(F)(F)F)cc1)CC(F)(F)F.I. The highest BCUT2D eigenvalue weighted by atomic mass is 127. The lowest BCUT2D eigenvalue weighted by atomic mass is 10.3. The minimum Gasteiger partial charge on any atom is -0.406 e. The fourth-order valence-corrected chi connectivity index (χ4v) is 1.65. The van der Waals surface area contributed by atoms with Gasteiger partial charge in [0.1, 0.15) is 5.75 Å². The van der Waals surface area contributed by atoms with Crippen molar-refractivity contribution >= 4 is 35.6 Å². The summed E-state index contributed by atoms with van der Waals surface area (Å²) < 4.78 is 76.1.